The lowest BCUT2D eigenvalue weighted by Gasteiger charge is -2.09. The van der Waals surface area contributed by atoms with Gasteiger partial charge in [0, 0.05) is 0 Å². The summed E-state index contributed by atoms with van der Waals surface area (Å²) in [5.41, 5.74) is 1.35. The molecule has 0 saturated carbocycles. The van der Waals surface area contributed by atoms with Gasteiger partial charge in [0.2, 0.25) is 0 Å². The largest absolute Gasteiger partial charge is 0.293 e. The van der Waals surface area contributed by atoms with Gasteiger partial charge in [0.25, 0.3) is 0 Å². The van der Waals surface area contributed by atoms with E-state index in [1.807, 2.05) is 0 Å². The van der Waals surface area contributed by atoms with Crippen molar-refractivity contribution in [3.63, 3.8) is 0 Å². The molecule has 0 bridgehead atoms. The lowest BCUT2D eigenvalue weighted by Crippen LogP contribution is -1.89. The summed E-state index contributed by atoms with van der Waals surface area (Å²) in [4.78, 5) is 4.73. The molecule has 0 spiro atoms. The molecule has 0 amide bonds. The van der Waals surface area contributed by atoms with E-state index < -0.39 is 0 Å². The molecule has 0 aliphatic rings. The quantitative estimate of drug-likeness (QED) is 0.243. The van der Waals surface area contributed by atoms with Gasteiger partial charge in [0.15, 0.2) is 0 Å². The zero-order chi connectivity index (χ0) is 16.6. The van der Waals surface area contributed by atoms with Gasteiger partial charge in [-0.3, -0.25) is 4.99 Å². The molecule has 124 valence electrons. The molecule has 0 saturated heterocycles. The van der Waals surface area contributed by atoms with Gasteiger partial charge >= 0.3 is 0 Å². The minimum Gasteiger partial charge on any atom is -0.293 e. The SMILES string of the molecule is CCCCCCCC=NCc1c2ccccc2cc2ccccc12. The third-order valence-electron chi connectivity index (χ3n) is 4.70. The molecule has 3 rings (SSSR count). The second-order valence-electron chi connectivity index (χ2n) is 6.52. The van der Waals surface area contributed by atoms with E-state index in [-0.39, 0.29) is 0 Å². The van der Waals surface area contributed by atoms with Crippen LogP contribution in [0.4, 0.5) is 0 Å². The van der Waals surface area contributed by atoms with Crippen LogP contribution in [0.15, 0.2) is 59.6 Å². The molecule has 0 radical (unpaired) electrons. The number of fused-ring (bicyclic) bond motifs is 2. The van der Waals surface area contributed by atoms with Crippen LogP contribution in [-0.4, -0.2) is 6.21 Å². The van der Waals surface area contributed by atoms with Crippen molar-refractivity contribution in [3.05, 3.63) is 60.2 Å². The van der Waals surface area contributed by atoms with Crippen LogP contribution >= 0.6 is 0 Å². The number of hydrogen-bond donors (Lipinski definition) is 0. The van der Waals surface area contributed by atoms with Gasteiger partial charge in [0.1, 0.15) is 0 Å². The van der Waals surface area contributed by atoms with Gasteiger partial charge in [-0.15, -0.1) is 0 Å². The first-order chi connectivity index (χ1) is 11.9. The second-order valence-corrected chi connectivity index (χ2v) is 6.52. The van der Waals surface area contributed by atoms with E-state index in [9.17, 15) is 0 Å². The third-order valence-corrected chi connectivity index (χ3v) is 4.70. The molecule has 1 heteroatoms. The third kappa shape index (κ3) is 4.03. The van der Waals surface area contributed by atoms with E-state index in [2.05, 4.69) is 67.7 Å². The minimum absolute atomic E-state index is 0.775. The number of aliphatic imine (C=N–C) groups is 1. The fourth-order valence-electron chi connectivity index (χ4n) is 3.36. The van der Waals surface area contributed by atoms with Crippen LogP contribution in [0.5, 0.6) is 0 Å². The number of rotatable bonds is 8. The van der Waals surface area contributed by atoms with E-state index in [1.165, 1.54) is 59.2 Å². The molecule has 0 heterocycles. The Hall–Kier alpha value is -2.15. The maximum atomic E-state index is 4.73. The Morgan fingerprint density at radius 2 is 1.42 bits per heavy atom. The Morgan fingerprint density at radius 1 is 0.792 bits per heavy atom. The summed E-state index contributed by atoms with van der Waals surface area (Å²) in [6.45, 7) is 3.03. The lowest BCUT2D eigenvalue weighted by atomic mass is 9.97. The van der Waals surface area contributed by atoms with Crippen LogP contribution in [0.3, 0.4) is 0 Å². The first kappa shape index (κ1) is 16.7. The van der Waals surface area contributed by atoms with Gasteiger partial charge in [-0.25, -0.2) is 0 Å². The summed E-state index contributed by atoms with van der Waals surface area (Å²) in [5.74, 6) is 0. The number of nitrogens with zero attached hydrogens (tertiary/aromatic N) is 1. The summed E-state index contributed by atoms with van der Waals surface area (Å²) in [5, 5.41) is 5.27. The van der Waals surface area contributed by atoms with Crippen LogP contribution in [0.2, 0.25) is 0 Å². The second kappa shape index (κ2) is 8.63. The maximum Gasteiger partial charge on any atom is 0.0647 e. The molecule has 0 atom stereocenters. The molecule has 0 aliphatic heterocycles. The highest BCUT2D eigenvalue weighted by atomic mass is 14.7. The van der Waals surface area contributed by atoms with Gasteiger partial charge in [-0.05, 0) is 52.2 Å². The molecule has 0 aliphatic carbocycles. The van der Waals surface area contributed by atoms with Crippen molar-refractivity contribution >= 4 is 27.8 Å². The van der Waals surface area contributed by atoms with Gasteiger partial charge in [0.05, 0.1) is 6.54 Å². The van der Waals surface area contributed by atoms with Crippen LogP contribution in [0.25, 0.3) is 21.5 Å². The average Bonchev–Trinajstić information content (AvgIpc) is 2.63. The molecule has 0 fully saturated rings. The van der Waals surface area contributed by atoms with E-state index in [0.717, 1.165) is 13.0 Å². The van der Waals surface area contributed by atoms with Crippen LogP contribution < -0.4 is 0 Å². The number of benzene rings is 3. The summed E-state index contributed by atoms with van der Waals surface area (Å²) >= 11 is 0. The summed E-state index contributed by atoms with van der Waals surface area (Å²) in [6.07, 6.45) is 9.85. The Morgan fingerprint density at radius 3 is 2.08 bits per heavy atom. The van der Waals surface area contributed by atoms with Gasteiger partial charge < -0.3 is 0 Å². The molecule has 3 aromatic carbocycles. The highest BCUT2D eigenvalue weighted by molar-refractivity contribution is 6.02. The fraction of sp³-hybridized carbons (Fsp3) is 0.348. The first-order valence-corrected chi connectivity index (χ1v) is 9.28. The van der Waals surface area contributed by atoms with Crippen molar-refractivity contribution in [1.29, 1.82) is 0 Å². The smallest absolute Gasteiger partial charge is 0.0647 e. The average molecular weight is 317 g/mol. The number of unbranched alkanes of at least 4 members (excludes halogenated alkanes) is 5. The summed E-state index contributed by atoms with van der Waals surface area (Å²) in [6, 6.07) is 19.6. The van der Waals surface area contributed by atoms with Crippen LogP contribution in [0.1, 0.15) is 51.0 Å². The van der Waals surface area contributed by atoms with Crippen molar-refractivity contribution < 1.29 is 0 Å². The normalized spacial score (nSPS) is 11.7. The minimum atomic E-state index is 0.775. The number of hydrogen-bond acceptors (Lipinski definition) is 1. The van der Waals surface area contributed by atoms with E-state index in [0.29, 0.717) is 0 Å². The molecular weight excluding hydrogens is 290 g/mol. The van der Waals surface area contributed by atoms with Crippen LogP contribution in [0, 0.1) is 0 Å². The van der Waals surface area contributed by atoms with Gasteiger partial charge in [-0.2, -0.15) is 0 Å². The zero-order valence-corrected chi connectivity index (χ0v) is 14.7. The molecule has 0 N–H and O–H groups in total. The zero-order valence-electron chi connectivity index (χ0n) is 14.7. The molecule has 0 unspecified atom stereocenters. The predicted octanol–water partition coefficient (Wildman–Crippen LogP) is 6.92. The standard InChI is InChI=1S/C23H27N/c1-2-3-4-5-6-11-16-24-18-23-21-14-9-7-12-19(21)17-20-13-8-10-15-22(20)23/h7-10,12-17H,2-6,11,18H2,1H3. The van der Waals surface area contributed by atoms with E-state index in [1.54, 1.807) is 0 Å². The predicted molar refractivity (Wildman–Crippen MR) is 107 cm³/mol. The Labute approximate surface area is 145 Å². The Kier molecular flexibility index (Phi) is 6.01. The molecule has 0 aromatic heterocycles. The van der Waals surface area contributed by atoms with E-state index >= 15 is 0 Å². The van der Waals surface area contributed by atoms with Gasteiger partial charge in [-0.1, -0.05) is 81.1 Å². The molecule has 3 aromatic rings. The Balaban J connectivity index is 1.75. The molecule has 24 heavy (non-hydrogen) atoms. The van der Waals surface area contributed by atoms with Crippen LogP contribution in [-0.2, 0) is 6.54 Å². The van der Waals surface area contributed by atoms with E-state index in [4.69, 9.17) is 4.99 Å². The highest BCUT2D eigenvalue weighted by Crippen LogP contribution is 2.28. The first-order valence-electron chi connectivity index (χ1n) is 9.28. The molecular formula is C23H27N. The van der Waals surface area contributed by atoms with Crippen molar-refractivity contribution in [1.82, 2.24) is 0 Å². The monoisotopic (exact) mass is 317 g/mol. The molecule has 1 nitrogen and oxygen atoms in total. The van der Waals surface area contributed by atoms with Crippen molar-refractivity contribution in [3.8, 4) is 0 Å². The van der Waals surface area contributed by atoms with Crippen molar-refractivity contribution in [2.45, 2.75) is 52.0 Å². The summed E-state index contributed by atoms with van der Waals surface area (Å²) in [7, 11) is 0. The Bertz CT molecular complexity index is 762. The summed E-state index contributed by atoms with van der Waals surface area (Å²) < 4.78 is 0. The lowest BCUT2D eigenvalue weighted by molar-refractivity contribution is 0.645. The van der Waals surface area contributed by atoms with Crippen molar-refractivity contribution in [2.24, 2.45) is 4.99 Å². The highest BCUT2D eigenvalue weighted by Gasteiger charge is 2.06. The fourth-order valence-corrected chi connectivity index (χ4v) is 3.36. The topological polar surface area (TPSA) is 12.4 Å². The maximum absolute atomic E-state index is 4.73. The van der Waals surface area contributed by atoms with Crippen molar-refractivity contribution in [2.75, 3.05) is 0 Å².